The van der Waals surface area contributed by atoms with Gasteiger partial charge in [0, 0.05) is 18.9 Å². The molecule has 0 bridgehead atoms. The van der Waals surface area contributed by atoms with Crippen LogP contribution in [-0.2, 0) is 10.4 Å². The van der Waals surface area contributed by atoms with Crippen LogP contribution in [0.4, 0.5) is 0 Å². The Kier molecular flexibility index (Phi) is 8.49. The minimum atomic E-state index is -0.927. The number of allylic oxidation sites excluding steroid dienone is 4. The first-order valence-electron chi connectivity index (χ1n) is 9.70. The van der Waals surface area contributed by atoms with Crippen molar-refractivity contribution in [1.29, 1.82) is 0 Å². The van der Waals surface area contributed by atoms with E-state index in [-0.39, 0.29) is 18.9 Å². The Morgan fingerprint density at radius 3 is 2.56 bits per heavy atom. The molecule has 1 aliphatic rings. The van der Waals surface area contributed by atoms with Gasteiger partial charge in [0.2, 0.25) is 0 Å². The van der Waals surface area contributed by atoms with Gasteiger partial charge in [-0.15, -0.1) is 0 Å². The van der Waals surface area contributed by atoms with Crippen LogP contribution in [0.3, 0.4) is 0 Å². The molecule has 1 aliphatic carbocycles. The third-order valence-corrected chi connectivity index (χ3v) is 5.04. The Morgan fingerprint density at radius 1 is 1.11 bits per heavy atom. The van der Waals surface area contributed by atoms with E-state index in [1.54, 1.807) is 0 Å². The highest BCUT2D eigenvalue weighted by molar-refractivity contribution is 5.66. The van der Waals surface area contributed by atoms with Gasteiger partial charge in [0.15, 0.2) is 0 Å². The second-order valence-corrected chi connectivity index (χ2v) is 7.01. The zero-order valence-electron chi connectivity index (χ0n) is 15.8. The zero-order valence-corrected chi connectivity index (χ0v) is 15.8. The third kappa shape index (κ3) is 6.19. The number of benzene rings is 1. The minimum Gasteiger partial charge on any atom is -0.481 e. The van der Waals surface area contributed by atoms with Gasteiger partial charge in [-0.2, -0.15) is 0 Å². The molecule has 2 rings (SSSR count). The van der Waals surface area contributed by atoms with Crippen LogP contribution >= 0.6 is 0 Å². The maximum atomic E-state index is 11.4. The molecule has 4 nitrogen and oxygen atoms in total. The number of hydrogen-bond acceptors (Lipinski definition) is 3. The van der Waals surface area contributed by atoms with E-state index in [1.807, 2.05) is 36.4 Å². The summed E-state index contributed by atoms with van der Waals surface area (Å²) in [5.74, 6) is -0.808. The van der Waals surface area contributed by atoms with Gasteiger partial charge in [-0.05, 0) is 49.7 Å². The van der Waals surface area contributed by atoms with Crippen LogP contribution in [0.5, 0.6) is 0 Å². The first-order valence-corrected chi connectivity index (χ1v) is 9.70. The Labute approximate surface area is 161 Å². The highest BCUT2D eigenvalue weighted by Crippen LogP contribution is 2.45. The summed E-state index contributed by atoms with van der Waals surface area (Å²) in [6.45, 7) is 0.180. The summed E-state index contributed by atoms with van der Waals surface area (Å²) < 4.78 is 0. The van der Waals surface area contributed by atoms with Crippen molar-refractivity contribution in [3.63, 3.8) is 0 Å². The smallest absolute Gasteiger partial charge is 0.303 e. The molecule has 0 aromatic heterocycles. The first kappa shape index (κ1) is 21.1. The van der Waals surface area contributed by atoms with Gasteiger partial charge in [-0.1, -0.05) is 60.7 Å². The SMILES string of the molecule is O=C(O)CCCC=CCC1C(C=CCCCO)=CCC1(O)c1ccccc1. The fourth-order valence-corrected chi connectivity index (χ4v) is 3.54. The molecule has 2 unspecified atom stereocenters. The van der Waals surface area contributed by atoms with Gasteiger partial charge in [0.1, 0.15) is 5.60 Å². The second-order valence-electron chi connectivity index (χ2n) is 7.01. The lowest BCUT2D eigenvalue weighted by Gasteiger charge is -2.32. The van der Waals surface area contributed by atoms with Crippen molar-refractivity contribution >= 4 is 5.97 Å². The van der Waals surface area contributed by atoms with E-state index in [9.17, 15) is 9.90 Å². The maximum Gasteiger partial charge on any atom is 0.303 e. The van der Waals surface area contributed by atoms with Crippen LogP contribution < -0.4 is 0 Å². The molecule has 0 saturated carbocycles. The van der Waals surface area contributed by atoms with Crippen LogP contribution in [0.1, 0.15) is 50.5 Å². The zero-order chi connectivity index (χ0) is 19.5. The van der Waals surface area contributed by atoms with E-state index in [4.69, 9.17) is 10.2 Å². The molecular weight excluding hydrogens is 340 g/mol. The molecule has 1 aromatic carbocycles. The van der Waals surface area contributed by atoms with Crippen molar-refractivity contribution in [1.82, 2.24) is 0 Å². The van der Waals surface area contributed by atoms with Crippen LogP contribution in [0.15, 0.2) is 66.3 Å². The Hall–Kier alpha value is -2.17. The van der Waals surface area contributed by atoms with Crippen molar-refractivity contribution in [3.05, 3.63) is 71.8 Å². The van der Waals surface area contributed by atoms with Crippen molar-refractivity contribution in [2.75, 3.05) is 6.61 Å². The standard InChI is InChI=1S/C23H30O4/c24-18-10-4-5-11-19-16-17-23(27,20-12-6-3-7-13-20)21(19)14-8-1-2-9-15-22(25)26/h1,3,5-8,11-13,16,21,24,27H,2,4,9-10,14-15,17-18H2,(H,25,26). The number of carboxylic acid groups (broad SMARTS) is 1. The molecule has 0 aliphatic heterocycles. The van der Waals surface area contributed by atoms with Crippen LogP contribution in [0.25, 0.3) is 0 Å². The fourth-order valence-electron chi connectivity index (χ4n) is 3.54. The normalized spacial score (nSPS) is 22.6. The molecule has 0 saturated heterocycles. The van der Waals surface area contributed by atoms with Gasteiger partial charge >= 0.3 is 5.97 Å². The molecule has 146 valence electrons. The van der Waals surface area contributed by atoms with Gasteiger partial charge in [-0.3, -0.25) is 4.79 Å². The average molecular weight is 370 g/mol. The van der Waals surface area contributed by atoms with E-state index in [0.29, 0.717) is 19.3 Å². The lowest BCUT2D eigenvalue weighted by molar-refractivity contribution is -0.137. The monoisotopic (exact) mass is 370 g/mol. The minimum absolute atomic E-state index is 0.0407. The summed E-state index contributed by atoms with van der Waals surface area (Å²) in [5, 5.41) is 29.1. The molecule has 0 heterocycles. The van der Waals surface area contributed by atoms with Gasteiger partial charge < -0.3 is 15.3 Å². The van der Waals surface area contributed by atoms with Crippen molar-refractivity contribution in [3.8, 4) is 0 Å². The molecule has 27 heavy (non-hydrogen) atoms. The van der Waals surface area contributed by atoms with Crippen molar-refractivity contribution in [2.24, 2.45) is 5.92 Å². The van der Waals surface area contributed by atoms with Gasteiger partial charge in [0.25, 0.3) is 0 Å². The van der Waals surface area contributed by atoms with E-state index in [0.717, 1.165) is 30.4 Å². The van der Waals surface area contributed by atoms with Crippen LogP contribution in [-0.4, -0.2) is 27.9 Å². The first-order chi connectivity index (χ1) is 13.1. The largest absolute Gasteiger partial charge is 0.481 e. The van der Waals surface area contributed by atoms with E-state index < -0.39 is 11.6 Å². The summed E-state index contributed by atoms with van der Waals surface area (Å²) in [6, 6.07) is 9.77. The highest BCUT2D eigenvalue weighted by atomic mass is 16.4. The third-order valence-electron chi connectivity index (χ3n) is 5.04. The van der Waals surface area contributed by atoms with Crippen molar-refractivity contribution in [2.45, 2.75) is 50.5 Å². The summed E-state index contributed by atoms with van der Waals surface area (Å²) in [7, 11) is 0. The maximum absolute atomic E-state index is 11.4. The number of hydrogen-bond donors (Lipinski definition) is 3. The molecule has 0 radical (unpaired) electrons. The van der Waals surface area contributed by atoms with Gasteiger partial charge in [-0.25, -0.2) is 0 Å². The van der Waals surface area contributed by atoms with Crippen LogP contribution in [0.2, 0.25) is 0 Å². The van der Waals surface area contributed by atoms with Crippen LogP contribution in [0, 0.1) is 5.92 Å². The number of aliphatic carboxylic acids is 1. The number of aliphatic hydroxyl groups is 2. The fraction of sp³-hybridized carbons (Fsp3) is 0.435. The number of aliphatic hydroxyl groups excluding tert-OH is 1. The second kappa shape index (κ2) is 10.9. The number of carboxylic acids is 1. The predicted molar refractivity (Wildman–Crippen MR) is 107 cm³/mol. The molecular formula is C23H30O4. The average Bonchev–Trinajstić information content (AvgIpc) is 2.99. The summed E-state index contributed by atoms with van der Waals surface area (Å²) in [6.07, 6.45) is 14.7. The molecule has 1 aromatic rings. The number of unbranched alkanes of at least 4 members (excludes halogenated alkanes) is 2. The topological polar surface area (TPSA) is 77.8 Å². The molecule has 0 fully saturated rings. The molecule has 3 N–H and O–H groups in total. The summed E-state index contributed by atoms with van der Waals surface area (Å²) in [4.78, 5) is 10.6. The van der Waals surface area contributed by atoms with E-state index in [2.05, 4.69) is 24.3 Å². The molecule has 4 heteroatoms. The Morgan fingerprint density at radius 2 is 1.85 bits per heavy atom. The summed E-state index contributed by atoms with van der Waals surface area (Å²) in [5.41, 5.74) is 1.11. The van der Waals surface area contributed by atoms with E-state index in [1.165, 1.54) is 0 Å². The lowest BCUT2D eigenvalue weighted by Crippen LogP contribution is -2.31. The van der Waals surface area contributed by atoms with Gasteiger partial charge in [0.05, 0.1) is 0 Å². The molecule has 0 spiro atoms. The highest BCUT2D eigenvalue weighted by Gasteiger charge is 2.42. The Bertz CT molecular complexity index is 675. The van der Waals surface area contributed by atoms with Crippen molar-refractivity contribution < 1.29 is 20.1 Å². The summed E-state index contributed by atoms with van der Waals surface area (Å²) >= 11 is 0. The molecule has 2 atom stereocenters. The molecule has 0 amide bonds. The van der Waals surface area contributed by atoms with E-state index >= 15 is 0 Å². The lowest BCUT2D eigenvalue weighted by atomic mass is 9.78. The predicted octanol–water partition coefficient (Wildman–Crippen LogP) is 4.35. The number of rotatable bonds is 11. The quantitative estimate of drug-likeness (QED) is 0.400. The Balaban J connectivity index is 2.07. The number of carbonyl (C=O) groups is 1.